The number of piperidine rings is 1. The lowest BCUT2D eigenvalue weighted by Gasteiger charge is -2.29. The van der Waals surface area contributed by atoms with Crippen LogP contribution in [-0.4, -0.2) is 36.0 Å². The Kier molecular flexibility index (Phi) is 5.49. The standard InChI is InChI=1S/C15H23N3O2/c1-2-17(11-13-7-9-16-10-8-13)12-14-5-3-4-6-15(14)18(19)20/h3-6,13,16H,2,7-12H2,1H3. The van der Waals surface area contributed by atoms with Gasteiger partial charge in [-0.2, -0.15) is 0 Å². The summed E-state index contributed by atoms with van der Waals surface area (Å²) in [7, 11) is 0. The monoisotopic (exact) mass is 277 g/mol. The highest BCUT2D eigenvalue weighted by Gasteiger charge is 2.19. The Balaban J connectivity index is 2.00. The molecule has 0 atom stereocenters. The minimum Gasteiger partial charge on any atom is -0.317 e. The summed E-state index contributed by atoms with van der Waals surface area (Å²) in [6.45, 7) is 6.93. The van der Waals surface area contributed by atoms with Gasteiger partial charge in [-0.1, -0.05) is 25.1 Å². The van der Waals surface area contributed by atoms with E-state index in [-0.39, 0.29) is 10.6 Å². The normalized spacial score (nSPS) is 16.5. The van der Waals surface area contributed by atoms with E-state index in [0.29, 0.717) is 12.5 Å². The van der Waals surface area contributed by atoms with Crippen molar-refractivity contribution in [2.45, 2.75) is 26.3 Å². The molecule has 0 bridgehead atoms. The second-order valence-electron chi connectivity index (χ2n) is 5.41. The van der Waals surface area contributed by atoms with Crippen molar-refractivity contribution in [3.63, 3.8) is 0 Å². The number of benzene rings is 1. The third-order valence-electron chi connectivity index (χ3n) is 4.00. The van der Waals surface area contributed by atoms with E-state index >= 15 is 0 Å². The summed E-state index contributed by atoms with van der Waals surface area (Å²) < 4.78 is 0. The minimum absolute atomic E-state index is 0.233. The summed E-state index contributed by atoms with van der Waals surface area (Å²) in [6, 6.07) is 7.06. The summed E-state index contributed by atoms with van der Waals surface area (Å²) in [4.78, 5) is 13.1. The van der Waals surface area contributed by atoms with Crippen molar-refractivity contribution in [2.75, 3.05) is 26.2 Å². The van der Waals surface area contributed by atoms with Crippen molar-refractivity contribution in [1.82, 2.24) is 10.2 Å². The van der Waals surface area contributed by atoms with Gasteiger partial charge in [0.1, 0.15) is 0 Å². The van der Waals surface area contributed by atoms with E-state index in [0.717, 1.165) is 31.7 Å². The van der Waals surface area contributed by atoms with Gasteiger partial charge < -0.3 is 5.32 Å². The van der Waals surface area contributed by atoms with Crippen LogP contribution in [0.15, 0.2) is 24.3 Å². The average molecular weight is 277 g/mol. The fourth-order valence-corrected chi connectivity index (χ4v) is 2.80. The SMILES string of the molecule is CCN(Cc1ccccc1[N+](=O)[O-])CC1CCNCC1. The molecule has 5 nitrogen and oxygen atoms in total. The van der Waals surface area contributed by atoms with Crippen LogP contribution in [0.1, 0.15) is 25.3 Å². The maximum absolute atomic E-state index is 11.1. The molecular formula is C15H23N3O2. The van der Waals surface area contributed by atoms with E-state index in [2.05, 4.69) is 17.1 Å². The zero-order valence-electron chi connectivity index (χ0n) is 12.0. The highest BCUT2D eigenvalue weighted by Crippen LogP contribution is 2.21. The smallest absolute Gasteiger partial charge is 0.273 e. The van der Waals surface area contributed by atoms with Gasteiger partial charge in [0.05, 0.1) is 4.92 Å². The van der Waals surface area contributed by atoms with Crippen LogP contribution in [0.2, 0.25) is 0 Å². The van der Waals surface area contributed by atoms with Crippen LogP contribution >= 0.6 is 0 Å². The van der Waals surface area contributed by atoms with Gasteiger partial charge in [-0.05, 0) is 38.4 Å². The number of hydrogen-bond donors (Lipinski definition) is 1. The predicted molar refractivity (Wildman–Crippen MR) is 79.6 cm³/mol. The third kappa shape index (κ3) is 4.02. The quantitative estimate of drug-likeness (QED) is 0.641. The Hall–Kier alpha value is -1.46. The second kappa shape index (κ2) is 7.36. The van der Waals surface area contributed by atoms with Crippen LogP contribution in [0.25, 0.3) is 0 Å². The van der Waals surface area contributed by atoms with Crippen molar-refractivity contribution in [3.8, 4) is 0 Å². The first-order valence-corrected chi connectivity index (χ1v) is 7.36. The van der Waals surface area contributed by atoms with E-state index in [1.165, 1.54) is 12.8 Å². The first-order valence-electron chi connectivity index (χ1n) is 7.36. The molecule has 0 spiro atoms. The third-order valence-corrected chi connectivity index (χ3v) is 4.00. The first kappa shape index (κ1) is 14.9. The number of nitro groups is 1. The molecule has 0 aliphatic carbocycles. The summed E-state index contributed by atoms with van der Waals surface area (Å²) in [5.41, 5.74) is 1.05. The minimum atomic E-state index is -0.284. The molecule has 0 radical (unpaired) electrons. The highest BCUT2D eigenvalue weighted by atomic mass is 16.6. The maximum Gasteiger partial charge on any atom is 0.273 e. The Morgan fingerprint density at radius 2 is 2.05 bits per heavy atom. The molecule has 1 aliphatic rings. The maximum atomic E-state index is 11.1. The molecule has 1 saturated heterocycles. The van der Waals surface area contributed by atoms with Gasteiger partial charge in [-0.15, -0.1) is 0 Å². The van der Waals surface area contributed by atoms with Crippen LogP contribution in [0.4, 0.5) is 5.69 Å². The first-order chi connectivity index (χ1) is 9.70. The van der Waals surface area contributed by atoms with Gasteiger partial charge in [0, 0.05) is 24.7 Å². The molecule has 1 heterocycles. The zero-order chi connectivity index (χ0) is 14.4. The van der Waals surface area contributed by atoms with Gasteiger partial charge in [0.25, 0.3) is 5.69 Å². The molecule has 110 valence electrons. The number of nitrogens with one attached hydrogen (secondary N) is 1. The van der Waals surface area contributed by atoms with Crippen molar-refractivity contribution < 1.29 is 4.92 Å². The fraction of sp³-hybridized carbons (Fsp3) is 0.600. The molecule has 1 fully saturated rings. The largest absolute Gasteiger partial charge is 0.317 e. The van der Waals surface area contributed by atoms with Crippen LogP contribution in [0.3, 0.4) is 0 Å². The molecule has 1 aromatic rings. The van der Waals surface area contributed by atoms with Crippen LogP contribution in [0, 0.1) is 16.0 Å². The Bertz CT molecular complexity index is 444. The zero-order valence-corrected chi connectivity index (χ0v) is 12.0. The van der Waals surface area contributed by atoms with Gasteiger partial charge in [0.2, 0.25) is 0 Å². The molecule has 20 heavy (non-hydrogen) atoms. The average Bonchev–Trinajstić information content (AvgIpc) is 2.48. The van der Waals surface area contributed by atoms with E-state index in [1.54, 1.807) is 12.1 Å². The van der Waals surface area contributed by atoms with Gasteiger partial charge in [0.15, 0.2) is 0 Å². The number of para-hydroxylation sites is 1. The molecule has 1 aliphatic heterocycles. The lowest BCUT2D eigenvalue weighted by atomic mass is 9.97. The van der Waals surface area contributed by atoms with Gasteiger partial charge >= 0.3 is 0 Å². The van der Waals surface area contributed by atoms with Gasteiger partial charge in [-0.25, -0.2) is 0 Å². The summed E-state index contributed by atoms with van der Waals surface area (Å²) in [5, 5.41) is 14.4. The molecular weight excluding hydrogens is 254 g/mol. The van der Waals surface area contributed by atoms with Crippen molar-refractivity contribution in [3.05, 3.63) is 39.9 Å². The lowest BCUT2D eigenvalue weighted by Crippen LogP contribution is -2.36. The number of rotatable bonds is 6. The molecule has 2 rings (SSSR count). The van der Waals surface area contributed by atoms with Crippen LogP contribution < -0.4 is 5.32 Å². The highest BCUT2D eigenvalue weighted by molar-refractivity contribution is 5.39. The lowest BCUT2D eigenvalue weighted by molar-refractivity contribution is -0.385. The van der Waals surface area contributed by atoms with Gasteiger partial charge in [-0.3, -0.25) is 15.0 Å². The molecule has 1 N–H and O–H groups in total. The molecule has 0 amide bonds. The number of nitrogens with zero attached hydrogens (tertiary/aromatic N) is 2. The van der Waals surface area contributed by atoms with Crippen LogP contribution in [-0.2, 0) is 6.54 Å². The summed E-state index contributed by atoms with van der Waals surface area (Å²) in [5.74, 6) is 0.707. The molecule has 0 unspecified atom stereocenters. The second-order valence-corrected chi connectivity index (χ2v) is 5.41. The summed E-state index contributed by atoms with van der Waals surface area (Å²) >= 11 is 0. The fourth-order valence-electron chi connectivity index (χ4n) is 2.80. The molecule has 1 aromatic carbocycles. The Morgan fingerprint density at radius 3 is 2.70 bits per heavy atom. The topological polar surface area (TPSA) is 58.4 Å². The van der Waals surface area contributed by atoms with E-state index < -0.39 is 0 Å². The predicted octanol–water partition coefficient (Wildman–Crippen LogP) is 2.42. The van der Waals surface area contributed by atoms with Crippen molar-refractivity contribution in [1.29, 1.82) is 0 Å². The van der Waals surface area contributed by atoms with Crippen molar-refractivity contribution >= 4 is 5.69 Å². The number of hydrogen-bond acceptors (Lipinski definition) is 4. The Labute approximate surface area is 120 Å². The molecule has 5 heteroatoms. The van der Waals surface area contributed by atoms with Crippen LogP contribution in [0.5, 0.6) is 0 Å². The Morgan fingerprint density at radius 1 is 1.35 bits per heavy atom. The van der Waals surface area contributed by atoms with E-state index in [4.69, 9.17) is 0 Å². The number of nitro benzene ring substituents is 1. The molecule has 0 aromatic heterocycles. The molecule has 0 saturated carbocycles. The van der Waals surface area contributed by atoms with E-state index in [9.17, 15) is 10.1 Å². The van der Waals surface area contributed by atoms with Crippen molar-refractivity contribution in [2.24, 2.45) is 5.92 Å². The summed E-state index contributed by atoms with van der Waals surface area (Å²) in [6.07, 6.45) is 2.40. The van der Waals surface area contributed by atoms with E-state index in [1.807, 2.05) is 12.1 Å².